The van der Waals surface area contributed by atoms with Crippen molar-refractivity contribution in [3.63, 3.8) is 0 Å². The van der Waals surface area contributed by atoms with Crippen molar-refractivity contribution in [1.29, 1.82) is 0 Å². The Balaban J connectivity index is 1.98. The Kier molecular flexibility index (Phi) is 6.20. The van der Waals surface area contributed by atoms with Gasteiger partial charge < -0.3 is 9.80 Å². The van der Waals surface area contributed by atoms with Crippen LogP contribution in [0.25, 0.3) is 0 Å². The molecule has 0 spiro atoms. The minimum absolute atomic E-state index is 0.0435. The zero-order chi connectivity index (χ0) is 16.8. The number of amides is 2. The Morgan fingerprint density at radius 1 is 1.17 bits per heavy atom. The number of benzene rings is 1. The van der Waals surface area contributed by atoms with Crippen LogP contribution in [-0.2, 0) is 16.1 Å². The third-order valence-electron chi connectivity index (χ3n) is 4.60. The number of hydrogen-bond acceptors (Lipinski definition) is 2. The highest BCUT2D eigenvalue weighted by Crippen LogP contribution is 2.22. The van der Waals surface area contributed by atoms with Crippen LogP contribution >= 0.6 is 0 Å². The van der Waals surface area contributed by atoms with Gasteiger partial charge in [0.05, 0.1) is 0 Å². The number of likely N-dealkylation sites (tertiary alicyclic amines) is 1. The first-order chi connectivity index (χ1) is 11.0. The van der Waals surface area contributed by atoms with E-state index in [0.29, 0.717) is 26.1 Å². The van der Waals surface area contributed by atoms with Gasteiger partial charge in [-0.25, -0.2) is 0 Å². The van der Waals surface area contributed by atoms with E-state index in [1.165, 1.54) is 0 Å². The molecule has 1 aliphatic rings. The van der Waals surface area contributed by atoms with Crippen molar-refractivity contribution in [2.24, 2.45) is 5.92 Å². The van der Waals surface area contributed by atoms with E-state index in [4.69, 9.17) is 0 Å². The van der Waals surface area contributed by atoms with E-state index in [-0.39, 0.29) is 23.8 Å². The van der Waals surface area contributed by atoms with Crippen LogP contribution in [0.15, 0.2) is 30.3 Å². The van der Waals surface area contributed by atoms with Crippen molar-refractivity contribution in [3.05, 3.63) is 35.9 Å². The third kappa shape index (κ3) is 4.57. The van der Waals surface area contributed by atoms with E-state index in [9.17, 15) is 9.59 Å². The van der Waals surface area contributed by atoms with Crippen molar-refractivity contribution in [1.82, 2.24) is 9.80 Å². The molecule has 1 aliphatic heterocycles. The third-order valence-corrected chi connectivity index (χ3v) is 4.60. The van der Waals surface area contributed by atoms with Crippen LogP contribution in [0.5, 0.6) is 0 Å². The molecule has 0 atom stereocenters. The summed E-state index contributed by atoms with van der Waals surface area (Å²) in [6.45, 7) is 8.10. The maximum Gasteiger partial charge on any atom is 0.226 e. The van der Waals surface area contributed by atoms with Gasteiger partial charge in [-0.05, 0) is 32.3 Å². The number of rotatable bonds is 5. The molecule has 4 heteroatoms. The highest BCUT2D eigenvalue weighted by atomic mass is 16.2. The van der Waals surface area contributed by atoms with Crippen molar-refractivity contribution in [2.45, 2.75) is 52.6 Å². The molecular formula is C19H28N2O2. The van der Waals surface area contributed by atoms with E-state index >= 15 is 0 Å². The Labute approximate surface area is 139 Å². The van der Waals surface area contributed by atoms with Gasteiger partial charge in [-0.1, -0.05) is 37.3 Å². The summed E-state index contributed by atoms with van der Waals surface area (Å²) in [6, 6.07) is 10.3. The summed E-state index contributed by atoms with van der Waals surface area (Å²) in [7, 11) is 0. The topological polar surface area (TPSA) is 40.6 Å². The highest BCUT2D eigenvalue weighted by Gasteiger charge is 2.30. The van der Waals surface area contributed by atoms with E-state index in [1.54, 1.807) is 0 Å². The van der Waals surface area contributed by atoms with Gasteiger partial charge in [0.1, 0.15) is 0 Å². The van der Waals surface area contributed by atoms with Gasteiger partial charge in [0.2, 0.25) is 11.8 Å². The second-order valence-corrected chi connectivity index (χ2v) is 6.55. The zero-order valence-corrected chi connectivity index (χ0v) is 14.5. The van der Waals surface area contributed by atoms with Gasteiger partial charge in [0.15, 0.2) is 0 Å². The number of nitrogens with zero attached hydrogens (tertiary/aromatic N) is 2. The van der Waals surface area contributed by atoms with Gasteiger partial charge in [-0.2, -0.15) is 0 Å². The molecule has 1 aromatic rings. The Hall–Kier alpha value is -1.84. The predicted octanol–water partition coefficient (Wildman–Crippen LogP) is 3.07. The summed E-state index contributed by atoms with van der Waals surface area (Å²) in [5.74, 6) is 0.468. The van der Waals surface area contributed by atoms with E-state index in [0.717, 1.165) is 18.4 Å². The number of hydrogen-bond donors (Lipinski definition) is 0. The van der Waals surface area contributed by atoms with Gasteiger partial charge in [-0.15, -0.1) is 0 Å². The standard InChI is InChI=1S/C19H28N2O2/c1-4-18(22)20-12-10-17(11-13-20)19(23)21(15(2)3)14-16-8-6-5-7-9-16/h5-9,15,17H,4,10-14H2,1-3H3. The molecule has 0 aliphatic carbocycles. The van der Waals surface area contributed by atoms with Gasteiger partial charge in [0, 0.05) is 38.0 Å². The first-order valence-electron chi connectivity index (χ1n) is 8.65. The second-order valence-electron chi connectivity index (χ2n) is 6.55. The van der Waals surface area contributed by atoms with E-state index < -0.39 is 0 Å². The molecule has 0 unspecified atom stereocenters. The minimum Gasteiger partial charge on any atom is -0.343 e. The lowest BCUT2D eigenvalue weighted by atomic mass is 9.94. The molecule has 2 amide bonds. The smallest absolute Gasteiger partial charge is 0.226 e. The van der Waals surface area contributed by atoms with Gasteiger partial charge in [0.25, 0.3) is 0 Å². The molecule has 23 heavy (non-hydrogen) atoms. The second kappa shape index (κ2) is 8.14. The summed E-state index contributed by atoms with van der Waals surface area (Å²) >= 11 is 0. The zero-order valence-electron chi connectivity index (χ0n) is 14.5. The molecule has 0 saturated carbocycles. The van der Waals surface area contributed by atoms with Crippen LogP contribution in [-0.4, -0.2) is 40.7 Å². The molecule has 4 nitrogen and oxygen atoms in total. The molecule has 2 rings (SSSR count). The quantitative estimate of drug-likeness (QED) is 0.837. The van der Waals surface area contributed by atoms with Crippen molar-refractivity contribution < 1.29 is 9.59 Å². The number of carbonyl (C=O) groups is 2. The molecule has 0 N–H and O–H groups in total. The molecule has 0 radical (unpaired) electrons. The van der Waals surface area contributed by atoms with E-state index in [1.807, 2.05) is 34.9 Å². The van der Waals surface area contributed by atoms with E-state index in [2.05, 4.69) is 26.0 Å². The van der Waals surface area contributed by atoms with Crippen molar-refractivity contribution in [2.75, 3.05) is 13.1 Å². The first kappa shape index (κ1) is 17.5. The molecular weight excluding hydrogens is 288 g/mol. The maximum atomic E-state index is 12.9. The van der Waals surface area contributed by atoms with Gasteiger partial charge >= 0.3 is 0 Å². The molecule has 0 bridgehead atoms. The van der Waals surface area contributed by atoms with Crippen LogP contribution < -0.4 is 0 Å². The van der Waals surface area contributed by atoms with Crippen LogP contribution in [0.3, 0.4) is 0 Å². The molecule has 126 valence electrons. The fourth-order valence-electron chi connectivity index (χ4n) is 3.13. The van der Waals surface area contributed by atoms with Gasteiger partial charge in [-0.3, -0.25) is 9.59 Å². The molecule has 1 heterocycles. The number of carbonyl (C=O) groups excluding carboxylic acids is 2. The molecule has 1 fully saturated rings. The minimum atomic E-state index is 0.0435. The van der Waals surface area contributed by atoms with Crippen LogP contribution in [0.1, 0.15) is 45.6 Å². The summed E-state index contributed by atoms with van der Waals surface area (Å²) < 4.78 is 0. The highest BCUT2D eigenvalue weighted by molar-refractivity contribution is 5.80. The fourth-order valence-corrected chi connectivity index (χ4v) is 3.13. The summed E-state index contributed by atoms with van der Waals surface area (Å²) in [5, 5.41) is 0. The average Bonchev–Trinajstić information content (AvgIpc) is 2.59. The predicted molar refractivity (Wildman–Crippen MR) is 91.7 cm³/mol. The summed E-state index contributed by atoms with van der Waals surface area (Å²) in [4.78, 5) is 28.5. The lowest BCUT2D eigenvalue weighted by molar-refractivity contribution is -0.142. The fraction of sp³-hybridized carbons (Fsp3) is 0.579. The SMILES string of the molecule is CCC(=O)N1CCC(C(=O)N(Cc2ccccc2)C(C)C)CC1. The summed E-state index contributed by atoms with van der Waals surface area (Å²) in [6.07, 6.45) is 2.11. The molecule has 1 saturated heterocycles. The number of piperidine rings is 1. The summed E-state index contributed by atoms with van der Waals surface area (Å²) in [5.41, 5.74) is 1.16. The Bertz CT molecular complexity index is 519. The van der Waals surface area contributed by atoms with Crippen molar-refractivity contribution >= 4 is 11.8 Å². The lowest BCUT2D eigenvalue weighted by Crippen LogP contribution is -2.46. The maximum absolute atomic E-state index is 12.9. The molecule has 1 aromatic carbocycles. The Morgan fingerprint density at radius 3 is 2.30 bits per heavy atom. The monoisotopic (exact) mass is 316 g/mol. The normalized spacial score (nSPS) is 15.7. The first-order valence-corrected chi connectivity index (χ1v) is 8.65. The average molecular weight is 316 g/mol. The molecule has 0 aromatic heterocycles. The van der Waals surface area contributed by atoms with Crippen LogP contribution in [0, 0.1) is 5.92 Å². The van der Waals surface area contributed by atoms with Crippen molar-refractivity contribution in [3.8, 4) is 0 Å². The largest absolute Gasteiger partial charge is 0.343 e. The lowest BCUT2D eigenvalue weighted by Gasteiger charge is -2.36. The Morgan fingerprint density at radius 2 is 1.78 bits per heavy atom. The van der Waals surface area contributed by atoms with Crippen LogP contribution in [0.4, 0.5) is 0 Å². The van der Waals surface area contributed by atoms with Crippen LogP contribution in [0.2, 0.25) is 0 Å².